The van der Waals surface area contributed by atoms with Gasteiger partial charge in [-0.1, -0.05) is 29.3 Å². The van der Waals surface area contributed by atoms with E-state index in [9.17, 15) is 13.2 Å². The van der Waals surface area contributed by atoms with Crippen LogP contribution in [0.3, 0.4) is 0 Å². The molecule has 1 fully saturated rings. The zero-order chi connectivity index (χ0) is 24.0. The summed E-state index contributed by atoms with van der Waals surface area (Å²) in [5.41, 5.74) is 0.579. The molecule has 0 unspecified atom stereocenters. The molecule has 0 bridgehead atoms. The fourth-order valence-corrected chi connectivity index (χ4v) is 5.49. The molecule has 1 heterocycles. The first-order valence-corrected chi connectivity index (χ1v) is 13.0. The van der Waals surface area contributed by atoms with Crippen LogP contribution in [-0.2, 0) is 20.6 Å². The Balaban J connectivity index is 1.45. The standard InChI is InChI=1S/C23H28Cl2N2O5S/c1-16(14-32-20-6-4-19(31-2)5-7-20)26-23(28)18-9-11-27(12-10-18)33(29,30)15-17-3-8-21(24)22(25)13-17/h3-8,13,16,18H,9-12,14-15H2,1-2H3,(H,26,28)/t16-/m1/s1. The van der Waals surface area contributed by atoms with Crippen LogP contribution in [0.2, 0.25) is 10.0 Å². The molecule has 10 heteroatoms. The lowest BCUT2D eigenvalue weighted by atomic mass is 9.97. The number of benzene rings is 2. The van der Waals surface area contributed by atoms with E-state index in [1.54, 1.807) is 25.3 Å². The van der Waals surface area contributed by atoms with Crippen molar-refractivity contribution < 1.29 is 22.7 Å². The minimum Gasteiger partial charge on any atom is -0.497 e. The van der Waals surface area contributed by atoms with Gasteiger partial charge in [-0.3, -0.25) is 4.79 Å². The molecule has 2 aromatic rings. The molecule has 2 aromatic carbocycles. The van der Waals surface area contributed by atoms with Crippen molar-refractivity contribution in [3.05, 3.63) is 58.1 Å². The third-order valence-corrected chi connectivity index (χ3v) is 8.09. The highest BCUT2D eigenvalue weighted by molar-refractivity contribution is 7.88. The largest absolute Gasteiger partial charge is 0.497 e. The molecular formula is C23H28Cl2N2O5S. The second-order valence-corrected chi connectivity index (χ2v) is 10.9. The van der Waals surface area contributed by atoms with Crippen molar-refractivity contribution in [3.63, 3.8) is 0 Å². The highest BCUT2D eigenvalue weighted by Gasteiger charge is 2.31. The molecule has 0 spiro atoms. The van der Waals surface area contributed by atoms with Crippen molar-refractivity contribution in [2.75, 3.05) is 26.8 Å². The van der Waals surface area contributed by atoms with Gasteiger partial charge in [-0.15, -0.1) is 0 Å². The molecule has 0 aliphatic carbocycles. The molecule has 7 nitrogen and oxygen atoms in total. The number of piperidine rings is 1. The van der Waals surface area contributed by atoms with E-state index in [1.165, 1.54) is 4.31 Å². The summed E-state index contributed by atoms with van der Waals surface area (Å²) >= 11 is 11.9. The minimum absolute atomic E-state index is 0.0811. The number of amides is 1. The van der Waals surface area contributed by atoms with E-state index >= 15 is 0 Å². The minimum atomic E-state index is -3.51. The van der Waals surface area contributed by atoms with Crippen molar-refractivity contribution >= 4 is 39.1 Å². The van der Waals surface area contributed by atoms with Crippen LogP contribution in [0.15, 0.2) is 42.5 Å². The number of hydrogen-bond acceptors (Lipinski definition) is 5. The first-order chi connectivity index (χ1) is 15.7. The summed E-state index contributed by atoms with van der Waals surface area (Å²) in [4.78, 5) is 12.6. The van der Waals surface area contributed by atoms with Gasteiger partial charge in [0.15, 0.2) is 0 Å². The Morgan fingerprint density at radius 1 is 1.09 bits per heavy atom. The summed E-state index contributed by atoms with van der Waals surface area (Å²) in [6, 6.07) is 11.9. The molecule has 1 aliphatic heterocycles. The third kappa shape index (κ3) is 7.24. The Bertz CT molecular complexity index is 1060. The maximum Gasteiger partial charge on any atom is 0.223 e. The monoisotopic (exact) mass is 514 g/mol. The number of carbonyl (C=O) groups is 1. The Morgan fingerprint density at radius 3 is 2.33 bits per heavy atom. The molecule has 1 aliphatic rings. The average Bonchev–Trinajstić information content (AvgIpc) is 2.80. The van der Waals surface area contributed by atoms with Crippen molar-refractivity contribution in [3.8, 4) is 11.5 Å². The molecule has 0 radical (unpaired) electrons. The van der Waals surface area contributed by atoms with Crippen LogP contribution in [0.25, 0.3) is 0 Å². The van der Waals surface area contributed by atoms with Crippen molar-refractivity contribution in [2.24, 2.45) is 5.92 Å². The molecule has 1 amide bonds. The van der Waals surface area contributed by atoms with Gasteiger partial charge in [0.2, 0.25) is 15.9 Å². The maximum absolute atomic E-state index is 12.8. The van der Waals surface area contributed by atoms with Gasteiger partial charge < -0.3 is 14.8 Å². The lowest BCUT2D eigenvalue weighted by Crippen LogP contribution is -2.46. The summed E-state index contributed by atoms with van der Waals surface area (Å²) < 4.78 is 37.9. The highest BCUT2D eigenvalue weighted by atomic mass is 35.5. The van der Waals surface area contributed by atoms with Crippen LogP contribution >= 0.6 is 23.2 Å². The number of nitrogens with zero attached hydrogens (tertiary/aromatic N) is 1. The number of methoxy groups -OCH3 is 1. The Labute approximate surface area is 205 Å². The van der Waals surface area contributed by atoms with Gasteiger partial charge in [-0.05, 0) is 61.7 Å². The molecule has 1 saturated heterocycles. The number of nitrogens with one attached hydrogen (secondary N) is 1. The van der Waals surface area contributed by atoms with Gasteiger partial charge >= 0.3 is 0 Å². The van der Waals surface area contributed by atoms with Gasteiger partial charge in [-0.2, -0.15) is 0 Å². The quantitative estimate of drug-likeness (QED) is 0.543. The molecule has 1 N–H and O–H groups in total. The number of carbonyl (C=O) groups excluding carboxylic acids is 1. The van der Waals surface area contributed by atoms with E-state index in [2.05, 4.69) is 5.32 Å². The molecule has 1 atom stereocenters. The highest BCUT2D eigenvalue weighted by Crippen LogP contribution is 2.26. The van der Waals surface area contributed by atoms with Crippen LogP contribution in [0.5, 0.6) is 11.5 Å². The predicted octanol–water partition coefficient (Wildman–Crippen LogP) is 4.13. The zero-order valence-corrected chi connectivity index (χ0v) is 20.9. The summed E-state index contributed by atoms with van der Waals surface area (Å²) in [7, 11) is -1.91. The van der Waals surface area contributed by atoms with E-state index in [0.29, 0.717) is 53.9 Å². The lowest BCUT2D eigenvalue weighted by molar-refractivity contribution is -0.126. The SMILES string of the molecule is COc1ccc(OC[C@@H](C)NC(=O)C2CCN(S(=O)(=O)Cc3ccc(Cl)c(Cl)c3)CC2)cc1. The van der Waals surface area contributed by atoms with Gasteiger partial charge in [0.25, 0.3) is 0 Å². The van der Waals surface area contributed by atoms with Crippen LogP contribution < -0.4 is 14.8 Å². The van der Waals surface area contributed by atoms with Crippen molar-refractivity contribution in [1.82, 2.24) is 9.62 Å². The predicted molar refractivity (Wildman–Crippen MR) is 129 cm³/mol. The second-order valence-electron chi connectivity index (χ2n) is 8.07. The fraction of sp³-hybridized carbons (Fsp3) is 0.435. The first kappa shape index (κ1) is 25.6. The fourth-order valence-electron chi connectivity index (χ4n) is 3.62. The summed E-state index contributed by atoms with van der Waals surface area (Å²) in [6.45, 7) is 2.81. The molecule has 3 rings (SSSR count). The molecule has 0 saturated carbocycles. The van der Waals surface area contributed by atoms with Gasteiger partial charge in [0, 0.05) is 19.0 Å². The van der Waals surface area contributed by atoms with E-state index < -0.39 is 10.0 Å². The maximum atomic E-state index is 12.8. The Hall–Kier alpha value is -2.00. The lowest BCUT2D eigenvalue weighted by Gasteiger charge is -2.31. The number of ether oxygens (including phenoxy) is 2. The molecule has 0 aromatic heterocycles. The summed E-state index contributed by atoms with van der Waals surface area (Å²) in [5, 5.41) is 3.67. The van der Waals surface area contributed by atoms with E-state index in [-0.39, 0.29) is 23.6 Å². The number of rotatable bonds is 9. The first-order valence-electron chi connectivity index (χ1n) is 10.7. The molecule has 180 valence electrons. The zero-order valence-electron chi connectivity index (χ0n) is 18.6. The van der Waals surface area contributed by atoms with Crippen molar-refractivity contribution in [2.45, 2.75) is 31.6 Å². The van der Waals surface area contributed by atoms with E-state index in [4.69, 9.17) is 32.7 Å². The number of hydrogen-bond donors (Lipinski definition) is 1. The van der Waals surface area contributed by atoms with Crippen LogP contribution in [-0.4, -0.2) is 51.5 Å². The normalized spacial score (nSPS) is 16.2. The topological polar surface area (TPSA) is 84.9 Å². The summed E-state index contributed by atoms with van der Waals surface area (Å²) in [5.74, 6) is 0.971. The van der Waals surface area contributed by atoms with E-state index in [0.717, 1.165) is 5.75 Å². The third-order valence-electron chi connectivity index (χ3n) is 5.50. The van der Waals surface area contributed by atoms with Crippen LogP contribution in [0.4, 0.5) is 0 Å². The van der Waals surface area contributed by atoms with Crippen LogP contribution in [0.1, 0.15) is 25.3 Å². The molecular weight excluding hydrogens is 487 g/mol. The number of sulfonamides is 1. The second kappa shape index (κ2) is 11.4. The molecule has 33 heavy (non-hydrogen) atoms. The van der Waals surface area contributed by atoms with Gasteiger partial charge in [-0.25, -0.2) is 12.7 Å². The van der Waals surface area contributed by atoms with Crippen LogP contribution in [0, 0.1) is 5.92 Å². The van der Waals surface area contributed by atoms with Gasteiger partial charge in [0.05, 0.1) is 28.9 Å². The summed E-state index contributed by atoms with van der Waals surface area (Å²) in [6.07, 6.45) is 0.941. The van der Waals surface area contributed by atoms with Gasteiger partial charge in [0.1, 0.15) is 18.1 Å². The Kier molecular flexibility index (Phi) is 8.87. The number of halogens is 2. The van der Waals surface area contributed by atoms with E-state index in [1.807, 2.05) is 31.2 Å². The Morgan fingerprint density at radius 2 is 1.73 bits per heavy atom. The van der Waals surface area contributed by atoms with Crippen molar-refractivity contribution in [1.29, 1.82) is 0 Å². The smallest absolute Gasteiger partial charge is 0.223 e. The average molecular weight is 515 g/mol.